The van der Waals surface area contributed by atoms with E-state index in [0.29, 0.717) is 23.4 Å². The molecule has 1 aliphatic carbocycles. The number of hydrogen-bond donors (Lipinski definition) is 1. The van der Waals surface area contributed by atoms with E-state index < -0.39 is 17.6 Å². The van der Waals surface area contributed by atoms with Gasteiger partial charge in [0.05, 0.1) is 16.9 Å². The highest BCUT2D eigenvalue weighted by molar-refractivity contribution is 6.55. The molecule has 0 spiro atoms. The van der Waals surface area contributed by atoms with Crippen molar-refractivity contribution < 1.29 is 23.1 Å². The Hall–Kier alpha value is -3.61. The van der Waals surface area contributed by atoms with Gasteiger partial charge < -0.3 is 5.11 Å². The van der Waals surface area contributed by atoms with E-state index >= 15 is 0 Å². The number of benzene rings is 2. The molecular formula is C24H21F3N2O2. The fourth-order valence-electron chi connectivity index (χ4n) is 3.22. The Kier molecular flexibility index (Phi) is 6.44. The summed E-state index contributed by atoms with van der Waals surface area (Å²) in [7, 11) is 0. The van der Waals surface area contributed by atoms with Crippen molar-refractivity contribution in [1.82, 2.24) is 0 Å². The number of nitrogens with zero attached hydrogens (tertiary/aromatic N) is 2. The van der Waals surface area contributed by atoms with Crippen LogP contribution in [0, 0.1) is 0 Å². The summed E-state index contributed by atoms with van der Waals surface area (Å²) >= 11 is 0. The normalized spacial score (nSPS) is 16.9. The summed E-state index contributed by atoms with van der Waals surface area (Å²) in [6.45, 7) is 4.00. The number of aliphatic imine (C=N–C) groups is 1. The third-order valence-electron chi connectivity index (χ3n) is 4.56. The van der Waals surface area contributed by atoms with Gasteiger partial charge in [0, 0.05) is 11.3 Å². The van der Waals surface area contributed by atoms with E-state index in [1.165, 1.54) is 23.1 Å². The maximum absolute atomic E-state index is 13.2. The van der Waals surface area contributed by atoms with Crippen molar-refractivity contribution in [3.63, 3.8) is 0 Å². The molecule has 1 N–H and O–H groups in total. The zero-order valence-electron chi connectivity index (χ0n) is 17.0. The maximum atomic E-state index is 13.2. The Labute approximate surface area is 178 Å². The highest BCUT2D eigenvalue weighted by Crippen LogP contribution is 2.36. The van der Waals surface area contributed by atoms with Crippen LogP contribution in [0.5, 0.6) is 0 Å². The van der Waals surface area contributed by atoms with Crippen molar-refractivity contribution in [2.24, 2.45) is 4.99 Å². The quantitative estimate of drug-likeness (QED) is 0.597. The minimum atomic E-state index is -4.50. The van der Waals surface area contributed by atoms with E-state index in [0.717, 1.165) is 12.1 Å². The van der Waals surface area contributed by atoms with E-state index in [-0.39, 0.29) is 17.2 Å². The summed E-state index contributed by atoms with van der Waals surface area (Å²) < 4.78 is 39.0. The Bertz CT molecular complexity index is 1110. The van der Waals surface area contributed by atoms with Gasteiger partial charge in [-0.1, -0.05) is 44.2 Å². The number of para-hydroxylation sites is 1. The number of aliphatic hydroxyl groups is 1. The van der Waals surface area contributed by atoms with Gasteiger partial charge in [-0.25, -0.2) is 4.99 Å². The topological polar surface area (TPSA) is 52.9 Å². The molecule has 0 atom stereocenters. The number of hydrogen-bond acceptors (Lipinski definition) is 3. The molecule has 0 unspecified atom stereocenters. The molecule has 1 aliphatic heterocycles. The van der Waals surface area contributed by atoms with Gasteiger partial charge in [0.2, 0.25) is 0 Å². The third-order valence-corrected chi connectivity index (χ3v) is 4.56. The van der Waals surface area contributed by atoms with Crippen molar-refractivity contribution in [1.29, 1.82) is 0 Å². The van der Waals surface area contributed by atoms with Crippen molar-refractivity contribution in [3.8, 4) is 0 Å². The molecule has 1 amide bonds. The number of carbonyl (C=O) groups is 1. The predicted molar refractivity (Wildman–Crippen MR) is 115 cm³/mol. The number of amides is 1. The summed E-state index contributed by atoms with van der Waals surface area (Å²) in [6.07, 6.45) is 2.41. The summed E-state index contributed by atoms with van der Waals surface area (Å²) in [5, 5.41) is 9.67. The molecule has 0 saturated heterocycles. The second-order valence-corrected chi connectivity index (χ2v) is 6.49. The van der Waals surface area contributed by atoms with Crippen LogP contribution < -0.4 is 4.90 Å². The standard InChI is InChI=1S/C22H15F3N2O2.C2H6/c23-22(24,25)14-5-3-6-15(13-14)26-20-18-9-1-2-10-19(18)27(21(20)29)16-7-4-8-17(28)12-11-16;1-2/h1-3,5-13,28H,4H2;1-2H3. The van der Waals surface area contributed by atoms with Crippen LogP contribution in [0.3, 0.4) is 0 Å². The summed E-state index contributed by atoms with van der Waals surface area (Å²) in [6, 6.07) is 11.5. The average molecular weight is 426 g/mol. The first-order valence-electron chi connectivity index (χ1n) is 9.82. The zero-order valence-corrected chi connectivity index (χ0v) is 17.0. The average Bonchev–Trinajstić information content (AvgIpc) is 2.88. The van der Waals surface area contributed by atoms with Crippen molar-refractivity contribution in [2.75, 3.05) is 4.90 Å². The molecule has 160 valence electrons. The van der Waals surface area contributed by atoms with Crippen molar-refractivity contribution in [2.45, 2.75) is 26.4 Å². The Morgan fingerprint density at radius 1 is 1.00 bits per heavy atom. The summed E-state index contributed by atoms with van der Waals surface area (Å²) in [4.78, 5) is 18.9. The highest BCUT2D eigenvalue weighted by Gasteiger charge is 2.36. The van der Waals surface area contributed by atoms with Gasteiger partial charge in [0.15, 0.2) is 0 Å². The molecule has 2 aliphatic rings. The number of carbonyl (C=O) groups excluding carboxylic acids is 1. The Morgan fingerprint density at radius 3 is 2.48 bits per heavy atom. The molecule has 4 nitrogen and oxygen atoms in total. The predicted octanol–water partition coefficient (Wildman–Crippen LogP) is 6.48. The van der Waals surface area contributed by atoms with Crippen molar-refractivity contribution in [3.05, 3.63) is 95.4 Å². The number of anilines is 1. The second kappa shape index (κ2) is 9.04. The van der Waals surface area contributed by atoms with Crippen LogP contribution in [-0.4, -0.2) is 16.7 Å². The molecule has 0 bridgehead atoms. The van der Waals surface area contributed by atoms with Crippen LogP contribution in [0.25, 0.3) is 0 Å². The second-order valence-electron chi connectivity index (χ2n) is 6.49. The maximum Gasteiger partial charge on any atom is 0.416 e. The number of rotatable bonds is 2. The largest absolute Gasteiger partial charge is 0.508 e. The smallest absolute Gasteiger partial charge is 0.416 e. The molecular weight excluding hydrogens is 405 g/mol. The number of halogens is 3. The first-order chi connectivity index (χ1) is 14.8. The van der Waals surface area contributed by atoms with Gasteiger partial charge in [0.1, 0.15) is 11.5 Å². The van der Waals surface area contributed by atoms with Gasteiger partial charge >= 0.3 is 6.18 Å². The first-order valence-corrected chi connectivity index (χ1v) is 9.82. The van der Waals surface area contributed by atoms with E-state index in [1.807, 2.05) is 13.8 Å². The van der Waals surface area contributed by atoms with E-state index in [1.54, 1.807) is 42.5 Å². The number of alkyl halides is 3. The number of aliphatic hydroxyl groups excluding tert-OH is 1. The molecule has 1 heterocycles. The van der Waals surface area contributed by atoms with E-state index in [4.69, 9.17) is 0 Å². The lowest BCUT2D eigenvalue weighted by atomic mass is 10.1. The first kappa shape index (κ1) is 22.1. The lowest BCUT2D eigenvalue weighted by molar-refractivity contribution is -0.137. The molecule has 0 fully saturated rings. The minimum absolute atomic E-state index is 0.0459. The zero-order chi connectivity index (χ0) is 22.6. The molecule has 0 radical (unpaired) electrons. The molecule has 2 aromatic carbocycles. The number of fused-ring (bicyclic) bond motifs is 1. The Balaban J connectivity index is 0.00000132. The fraction of sp³-hybridized carbons (Fsp3) is 0.167. The highest BCUT2D eigenvalue weighted by atomic mass is 19.4. The van der Waals surface area contributed by atoms with Crippen LogP contribution in [0.1, 0.15) is 31.4 Å². The van der Waals surface area contributed by atoms with Crippen LogP contribution in [0.4, 0.5) is 24.5 Å². The van der Waals surface area contributed by atoms with Crippen molar-refractivity contribution >= 4 is 23.0 Å². The van der Waals surface area contributed by atoms with Gasteiger partial charge in [-0.05, 0) is 48.9 Å². The SMILES string of the molecule is CC.O=C1C(=Nc2cccc(C(F)(F)F)c2)c2ccccc2N1C1=CCC=C(O)C=C1. The van der Waals surface area contributed by atoms with E-state index in [9.17, 15) is 23.1 Å². The molecule has 0 saturated carbocycles. The molecule has 0 aromatic heterocycles. The van der Waals surface area contributed by atoms with Crippen LogP contribution in [0.2, 0.25) is 0 Å². The van der Waals surface area contributed by atoms with Gasteiger partial charge in [-0.3, -0.25) is 9.69 Å². The molecule has 4 rings (SSSR count). The van der Waals surface area contributed by atoms with Gasteiger partial charge in [0.25, 0.3) is 5.91 Å². The fourth-order valence-corrected chi connectivity index (χ4v) is 3.22. The van der Waals surface area contributed by atoms with Crippen LogP contribution in [0.15, 0.2) is 89.3 Å². The van der Waals surface area contributed by atoms with Crippen LogP contribution in [-0.2, 0) is 11.0 Å². The lowest BCUT2D eigenvalue weighted by Gasteiger charge is -2.17. The van der Waals surface area contributed by atoms with Crippen LogP contribution >= 0.6 is 0 Å². The summed E-state index contributed by atoms with van der Waals surface area (Å²) in [5.74, 6) is -0.352. The minimum Gasteiger partial charge on any atom is -0.508 e. The summed E-state index contributed by atoms with van der Waals surface area (Å²) in [5.41, 5.74) is 0.953. The molecule has 7 heteroatoms. The molecule has 2 aromatic rings. The van der Waals surface area contributed by atoms with E-state index in [2.05, 4.69) is 4.99 Å². The molecule has 31 heavy (non-hydrogen) atoms. The third kappa shape index (κ3) is 4.60. The lowest BCUT2D eigenvalue weighted by Crippen LogP contribution is -2.28. The monoisotopic (exact) mass is 426 g/mol. The van der Waals surface area contributed by atoms with Gasteiger partial charge in [-0.15, -0.1) is 0 Å². The Morgan fingerprint density at radius 2 is 1.74 bits per heavy atom. The van der Waals surface area contributed by atoms with Gasteiger partial charge in [-0.2, -0.15) is 13.2 Å². The number of allylic oxidation sites excluding steroid dienone is 4.